The van der Waals surface area contributed by atoms with E-state index in [2.05, 4.69) is 30.4 Å². The summed E-state index contributed by atoms with van der Waals surface area (Å²) in [5.41, 5.74) is 6.18. The molecule has 0 bridgehead atoms. The van der Waals surface area contributed by atoms with E-state index in [1.807, 2.05) is 50.2 Å². The number of hydrogen-bond acceptors (Lipinski definition) is 7. The molecule has 242 valence electrons. The highest BCUT2D eigenvalue weighted by Gasteiger charge is 2.32. The Morgan fingerprint density at radius 1 is 1.11 bits per heavy atom. The zero-order valence-electron chi connectivity index (χ0n) is 25.2. The van der Waals surface area contributed by atoms with E-state index in [0.29, 0.717) is 29.5 Å². The second kappa shape index (κ2) is 13.2. The Labute approximate surface area is 277 Å². The number of alkyl halides is 3. The number of aliphatic imine (C=N–C) groups is 1. The predicted octanol–water partition coefficient (Wildman–Crippen LogP) is 5.89. The number of thioether (sulfide) groups is 1. The average Bonchev–Trinajstić information content (AvgIpc) is 3.74. The van der Waals surface area contributed by atoms with Crippen LogP contribution >= 0.6 is 24.0 Å². The molecule has 1 fully saturated rings. The number of ether oxygens (including phenoxy) is 1. The quantitative estimate of drug-likeness (QED) is 0.245. The van der Waals surface area contributed by atoms with Crippen molar-refractivity contribution in [3.05, 3.63) is 89.2 Å². The van der Waals surface area contributed by atoms with Gasteiger partial charge in [0.2, 0.25) is 11.0 Å². The summed E-state index contributed by atoms with van der Waals surface area (Å²) in [6, 6.07) is 16.4. The number of hydrogen-bond donors (Lipinski definition) is 2. The zero-order chi connectivity index (χ0) is 33.3. The largest absolute Gasteiger partial charge is 0.573 e. The van der Waals surface area contributed by atoms with Crippen LogP contribution in [0.4, 0.5) is 23.7 Å². The highest BCUT2D eigenvalue weighted by atomic mass is 32.2. The van der Waals surface area contributed by atoms with Crippen LogP contribution in [0, 0.1) is 6.92 Å². The van der Waals surface area contributed by atoms with Gasteiger partial charge in [0.1, 0.15) is 12.1 Å². The number of nitrogens with one attached hydrogen (secondary N) is 2. The minimum Gasteiger partial charge on any atom is -0.406 e. The molecule has 47 heavy (non-hydrogen) atoms. The first kappa shape index (κ1) is 32.2. The fourth-order valence-corrected chi connectivity index (χ4v) is 6.58. The monoisotopic (exact) mass is 679 g/mol. The van der Waals surface area contributed by atoms with Gasteiger partial charge in [-0.25, -0.2) is 14.5 Å². The summed E-state index contributed by atoms with van der Waals surface area (Å²) in [7, 11) is 0. The highest BCUT2D eigenvalue weighted by Crippen LogP contribution is 2.31. The number of urea groups is 1. The van der Waals surface area contributed by atoms with E-state index in [4.69, 9.17) is 12.2 Å². The lowest BCUT2D eigenvalue weighted by molar-refractivity contribution is -0.274. The van der Waals surface area contributed by atoms with Crippen molar-refractivity contribution in [3.63, 3.8) is 0 Å². The molecule has 0 radical (unpaired) electrons. The number of rotatable bonds is 6. The van der Waals surface area contributed by atoms with E-state index in [0.717, 1.165) is 39.9 Å². The second-order valence-corrected chi connectivity index (χ2v) is 12.3. The number of amidine groups is 1. The van der Waals surface area contributed by atoms with Crippen molar-refractivity contribution in [1.29, 1.82) is 0 Å². The lowest BCUT2D eigenvalue weighted by Gasteiger charge is -2.20. The topological polar surface area (TPSA) is 114 Å². The number of carbonyl (C=O) groups excluding carboxylic acids is 2. The van der Waals surface area contributed by atoms with E-state index < -0.39 is 12.4 Å². The first-order chi connectivity index (χ1) is 22.5. The normalized spacial score (nSPS) is 16.8. The van der Waals surface area contributed by atoms with Gasteiger partial charge in [0.25, 0.3) is 0 Å². The summed E-state index contributed by atoms with van der Waals surface area (Å²) < 4.78 is 42.8. The van der Waals surface area contributed by atoms with Gasteiger partial charge in [-0.1, -0.05) is 43.0 Å². The van der Waals surface area contributed by atoms with Crippen LogP contribution in [0.15, 0.2) is 72.0 Å². The van der Waals surface area contributed by atoms with Crippen molar-refractivity contribution < 1.29 is 27.5 Å². The smallest absolute Gasteiger partial charge is 0.406 e. The number of thiocarbonyl (C=S) groups is 1. The van der Waals surface area contributed by atoms with Gasteiger partial charge in [0, 0.05) is 11.6 Å². The Bertz CT molecular complexity index is 1890. The summed E-state index contributed by atoms with van der Waals surface area (Å²) >= 11 is 6.64. The molecule has 15 heteroatoms. The molecule has 3 amide bonds. The van der Waals surface area contributed by atoms with Crippen molar-refractivity contribution >= 4 is 51.9 Å². The van der Waals surface area contributed by atoms with Gasteiger partial charge < -0.3 is 10.1 Å². The lowest BCUT2D eigenvalue weighted by atomic mass is 10.1. The van der Waals surface area contributed by atoms with E-state index >= 15 is 0 Å². The van der Waals surface area contributed by atoms with Gasteiger partial charge in [0.05, 0.1) is 17.1 Å². The SMILES string of the molecule is CCc1ccc(C)cc1N1C(=O)CS/C1=N\C(=S)NC(=O)NC1Cc2ccc(-c3ncn(-c4ccc(OC(F)(F)F)cc4)n3)cc2C1. The van der Waals surface area contributed by atoms with Crippen molar-refractivity contribution in [2.45, 2.75) is 45.5 Å². The number of carbonyl (C=O) groups is 2. The summed E-state index contributed by atoms with van der Waals surface area (Å²) in [5, 5.41) is 10.4. The number of halogens is 3. The molecule has 0 saturated carbocycles. The van der Waals surface area contributed by atoms with Gasteiger partial charge in [-0.3, -0.25) is 15.0 Å². The summed E-state index contributed by atoms with van der Waals surface area (Å²) in [5.74, 6) is 0.249. The number of fused-ring (bicyclic) bond motifs is 1. The van der Waals surface area contributed by atoms with Gasteiger partial charge in [-0.05, 0) is 97.1 Å². The molecule has 6 rings (SSSR count). The van der Waals surface area contributed by atoms with Gasteiger partial charge >= 0.3 is 12.4 Å². The molecule has 3 aromatic carbocycles. The Morgan fingerprint density at radius 3 is 2.62 bits per heavy atom. The molecule has 10 nitrogen and oxygen atoms in total. The summed E-state index contributed by atoms with van der Waals surface area (Å²) in [6.45, 7) is 3.98. The summed E-state index contributed by atoms with van der Waals surface area (Å²) in [6.07, 6.45) is -1.36. The maximum atomic E-state index is 12.9. The van der Waals surface area contributed by atoms with Gasteiger partial charge in [-0.2, -0.15) is 4.99 Å². The molecular formula is C32H28F3N7O3S2. The lowest BCUT2D eigenvalue weighted by Crippen LogP contribution is -2.44. The molecule has 1 aliphatic heterocycles. The third-order valence-electron chi connectivity index (χ3n) is 7.60. The minimum absolute atomic E-state index is 0.0441. The molecule has 2 heterocycles. The van der Waals surface area contributed by atoms with Crippen LogP contribution in [-0.2, 0) is 24.1 Å². The number of benzene rings is 3. The van der Waals surface area contributed by atoms with Crippen LogP contribution in [-0.4, -0.2) is 55.1 Å². The molecule has 1 saturated heterocycles. The molecule has 2 aliphatic rings. The third kappa shape index (κ3) is 7.46. The first-order valence-electron chi connectivity index (χ1n) is 14.6. The second-order valence-electron chi connectivity index (χ2n) is 10.9. The summed E-state index contributed by atoms with van der Waals surface area (Å²) in [4.78, 5) is 36.0. The maximum Gasteiger partial charge on any atom is 0.573 e. The fraction of sp³-hybridized carbons (Fsp3) is 0.250. The molecule has 1 aromatic heterocycles. The van der Waals surface area contributed by atoms with E-state index in [9.17, 15) is 22.8 Å². The van der Waals surface area contributed by atoms with Crippen molar-refractivity contribution in [1.82, 2.24) is 25.4 Å². The molecule has 1 atom stereocenters. The minimum atomic E-state index is -4.77. The zero-order valence-corrected chi connectivity index (χ0v) is 26.8. The highest BCUT2D eigenvalue weighted by molar-refractivity contribution is 8.15. The number of aromatic nitrogens is 3. The third-order valence-corrected chi connectivity index (χ3v) is 8.72. The van der Waals surface area contributed by atoms with Crippen LogP contribution < -0.4 is 20.3 Å². The van der Waals surface area contributed by atoms with E-state index in [1.54, 1.807) is 4.90 Å². The number of anilines is 1. The van der Waals surface area contributed by atoms with E-state index in [-0.39, 0.29) is 28.6 Å². The molecule has 1 unspecified atom stereocenters. The Hall–Kier alpha value is -4.76. The van der Waals surface area contributed by atoms with E-state index in [1.165, 1.54) is 47.0 Å². The van der Waals surface area contributed by atoms with Crippen LogP contribution in [0.2, 0.25) is 0 Å². The average molecular weight is 680 g/mol. The molecule has 4 aromatic rings. The van der Waals surface area contributed by atoms with Crippen LogP contribution in [0.25, 0.3) is 17.1 Å². The number of amides is 3. The number of aryl methyl sites for hydroxylation is 2. The van der Waals surface area contributed by atoms with Crippen LogP contribution in [0.1, 0.15) is 29.2 Å². The van der Waals surface area contributed by atoms with Crippen molar-refractivity contribution in [2.75, 3.05) is 10.7 Å². The van der Waals surface area contributed by atoms with Crippen LogP contribution in [0.3, 0.4) is 0 Å². The molecule has 1 aliphatic carbocycles. The molecule has 0 spiro atoms. The molecule has 2 N–H and O–H groups in total. The fourth-order valence-electron chi connectivity index (χ4n) is 5.48. The number of nitrogens with zero attached hydrogens (tertiary/aromatic N) is 5. The van der Waals surface area contributed by atoms with Gasteiger partial charge in [0.15, 0.2) is 11.0 Å². The Kier molecular flexibility index (Phi) is 9.01. The van der Waals surface area contributed by atoms with Crippen molar-refractivity contribution in [3.8, 4) is 22.8 Å². The first-order valence-corrected chi connectivity index (χ1v) is 16.0. The Balaban J connectivity index is 1.07. The predicted molar refractivity (Wildman–Crippen MR) is 177 cm³/mol. The Morgan fingerprint density at radius 2 is 1.87 bits per heavy atom. The van der Waals surface area contributed by atoms with Crippen molar-refractivity contribution in [2.24, 2.45) is 4.99 Å². The maximum absolute atomic E-state index is 12.9. The molecular weight excluding hydrogens is 652 g/mol. The van der Waals surface area contributed by atoms with Gasteiger partial charge in [-0.15, -0.1) is 18.3 Å². The standard InChI is InChI=1S/C32H28F3N7O3S2/c1-3-19-5-4-18(2)12-26(19)42-27(43)16-47-31(42)39-30(46)38-29(44)37-23-14-20-6-7-21(13-22(20)15-23)28-36-17-41(40-28)24-8-10-25(11-9-24)45-32(33,34)35/h4-13,17,23H,3,14-16H2,1-2H3,(H2,37,38,44,46)/b39-31-. The van der Waals surface area contributed by atoms with Crippen LogP contribution in [0.5, 0.6) is 5.75 Å².